The van der Waals surface area contributed by atoms with E-state index in [1.165, 1.54) is 0 Å². The van der Waals surface area contributed by atoms with Gasteiger partial charge in [-0.25, -0.2) is 0 Å². The molecule has 0 saturated carbocycles. The third-order valence-corrected chi connectivity index (χ3v) is 2.90. The SMILES string of the molecule is CCC(=O)CC.CCC(C)=O.CCCCC(=O)CCCC. The summed E-state index contributed by atoms with van der Waals surface area (Å²) in [6, 6.07) is 0. The van der Waals surface area contributed by atoms with Crippen LogP contribution in [0.5, 0.6) is 0 Å². The molecule has 0 spiro atoms. The quantitative estimate of drug-likeness (QED) is 0.581. The third-order valence-electron chi connectivity index (χ3n) is 2.90. The fraction of sp³-hybridized carbons (Fsp3) is 0.833. The van der Waals surface area contributed by atoms with Crippen molar-refractivity contribution < 1.29 is 14.4 Å². The molecule has 0 heterocycles. The lowest BCUT2D eigenvalue weighted by Crippen LogP contribution is -1.96. The number of Topliss-reactive ketones (excluding diaryl/α,β-unsaturated/α-hetero) is 3. The van der Waals surface area contributed by atoms with E-state index in [1.807, 2.05) is 20.8 Å². The standard InChI is InChI=1S/C9H18O.C5H10O.C4H8O/c1-3-5-7-9(10)8-6-4-2;1-3-5(6)4-2;1-3-4(2)5/h3-8H2,1-2H3;3-4H2,1-2H3;3H2,1-2H3. The second-order valence-electron chi connectivity index (χ2n) is 5.05. The number of rotatable bonds is 9. The minimum absolute atomic E-state index is 0.255. The van der Waals surface area contributed by atoms with Crippen LogP contribution in [0.15, 0.2) is 0 Å². The highest BCUT2D eigenvalue weighted by Gasteiger charge is 1.98. The van der Waals surface area contributed by atoms with Gasteiger partial charge in [0.1, 0.15) is 17.3 Å². The minimum Gasteiger partial charge on any atom is -0.300 e. The van der Waals surface area contributed by atoms with Crippen LogP contribution in [-0.4, -0.2) is 17.3 Å². The highest BCUT2D eigenvalue weighted by molar-refractivity contribution is 5.78. The van der Waals surface area contributed by atoms with Gasteiger partial charge in [0.15, 0.2) is 0 Å². The highest BCUT2D eigenvalue weighted by atomic mass is 16.1. The topological polar surface area (TPSA) is 51.2 Å². The molecule has 0 aromatic carbocycles. The van der Waals surface area contributed by atoms with E-state index in [1.54, 1.807) is 6.92 Å². The summed E-state index contributed by atoms with van der Waals surface area (Å²) in [7, 11) is 0. The van der Waals surface area contributed by atoms with Gasteiger partial charge in [-0.3, -0.25) is 9.59 Å². The summed E-state index contributed by atoms with van der Waals surface area (Å²) in [5, 5.41) is 0. The van der Waals surface area contributed by atoms with Crippen LogP contribution in [0.2, 0.25) is 0 Å². The maximum absolute atomic E-state index is 11.0. The lowest BCUT2D eigenvalue weighted by molar-refractivity contribution is -0.119. The van der Waals surface area contributed by atoms with Crippen molar-refractivity contribution in [1.29, 1.82) is 0 Å². The zero-order valence-electron chi connectivity index (χ0n) is 15.1. The lowest BCUT2D eigenvalue weighted by Gasteiger charge is -1.96. The van der Waals surface area contributed by atoms with Crippen molar-refractivity contribution in [3.05, 3.63) is 0 Å². The number of hydrogen-bond donors (Lipinski definition) is 0. The van der Waals surface area contributed by atoms with Crippen molar-refractivity contribution in [2.75, 3.05) is 0 Å². The van der Waals surface area contributed by atoms with Gasteiger partial charge in [0.05, 0.1) is 0 Å². The van der Waals surface area contributed by atoms with E-state index < -0.39 is 0 Å². The van der Waals surface area contributed by atoms with Gasteiger partial charge < -0.3 is 4.79 Å². The predicted octanol–water partition coefficient (Wildman–Crippen LogP) is 5.30. The summed E-state index contributed by atoms with van der Waals surface area (Å²) >= 11 is 0. The van der Waals surface area contributed by atoms with Crippen LogP contribution >= 0.6 is 0 Å². The molecule has 0 aromatic rings. The number of ketones is 3. The van der Waals surface area contributed by atoms with Gasteiger partial charge in [-0.1, -0.05) is 47.5 Å². The Morgan fingerprint density at radius 1 is 0.619 bits per heavy atom. The molecule has 0 fully saturated rings. The van der Waals surface area contributed by atoms with E-state index in [9.17, 15) is 14.4 Å². The fourth-order valence-corrected chi connectivity index (χ4v) is 1.12. The zero-order chi connectivity index (χ0) is 17.1. The van der Waals surface area contributed by atoms with Crippen LogP contribution in [0.1, 0.15) is 99.3 Å². The fourth-order valence-electron chi connectivity index (χ4n) is 1.12. The molecule has 0 aliphatic rings. The van der Waals surface area contributed by atoms with Crippen molar-refractivity contribution in [2.45, 2.75) is 99.3 Å². The second-order valence-corrected chi connectivity index (χ2v) is 5.05. The van der Waals surface area contributed by atoms with Gasteiger partial charge in [0, 0.05) is 32.1 Å². The Kier molecular flexibility index (Phi) is 25.4. The minimum atomic E-state index is 0.255. The first-order valence-corrected chi connectivity index (χ1v) is 8.42. The predicted molar refractivity (Wildman–Crippen MR) is 90.6 cm³/mol. The molecule has 0 atom stereocenters. The molecule has 0 saturated heterocycles. The van der Waals surface area contributed by atoms with Gasteiger partial charge in [-0.15, -0.1) is 0 Å². The molecule has 0 unspecified atom stereocenters. The van der Waals surface area contributed by atoms with Gasteiger partial charge >= 0.3 is 0 Å². The number of hydrogen-bond acceptors (Lipinski definition) is 3. The highest BCUT2D eigenvalue weighted by Crippen LogP contribution is 2.02. The average Bonchev–Trinajstić information content (AvgIpc) is 2.50. The van der Waals surface area contributed by atoms with Crippen molar-refractivity contribution >= 4 is 17.3 Å². The Morgan fingerprint density at radius 3 is 1.10 bits per heavy atom. The van der Waals surface area contributed by atoms with E-state index in [2.05, 4.69) is 13.8 Å². The van der Waals surface area contributed by atoms with Gasteiger partial charge in [0.25, 0.3) is 0 Å². The smallest absolute Gasteiger partial charge is 0.132 e. The van der Waals surface area contributed by atoms with E-state index in [0.717, 1.165) is 38.5 Å². The van der Waals surface area contributed by atoms with Crippen molar-refractivity contribution in [2.24, 2.45) is 0 Å². The normalized spacial score (nSPS) is 8.86. The molecule has 0 rings (SSSR count). The molecule has 3 nitrogen and oxygen atoms in total. The molecule has 0 aliphatic heterocycles. The molecule has 0 N–H and O–H groups in total. The van der Waals surface area contributed by atoms with E-state index >= 15 is 0 Å². The van der Waals surface area contributed by atoms with Crippen LogP contribution in [0.25, 0.3) is 0 Å². The van der Waals surface area contributed by atoms with Crippen LogP contribution in [0.3, 0.4) is 0 Å². The van der Waals surface area contributed by atoms with Crippen molar-refractivity contribution in [3.8, 4) is 0 Å². The average molecular weight is 300 g/mol. The summed E-state index contributed by atoms with van der Waals surface area (Å²) in [5.41, 5.74) is 0. The Bertz CT molecular complexity index is 241. The summed E-state index contributed by atoms with van der Waals surface area (Å²) in [6.07, 6.45) is 8.07. The molecule has 3 heteroatoms. The Balaban J connectivity index is -0.000000252. The first-order valence-electron chi connectivity index (χ1n) is 8.42. The maximum atomic E-state index is 11.0. The lowest BCUT2D eigenvalue weighted by atomic mass is 10.1. The number of unbranched alkanes of at least 4 members (excludes halogenated alkanes) is 2. The molecule has 21 heavy (non-hydrogen) atoms. The summed E-state index contributed by atoms with van der Waals surface area (Å²) in [6.45, 7) is 11.4. The molecule has 0 amide bonds. The van der Waals surface area contributed by atoms with Crippen LogP contribution in [-0.2, 0) is 14.4 Å². The Morgan fingerprint density at radius 2 is 0.952 bits per heavy atom. The summed E-state index contributed by atoms with van der Waals surface area (Å²) in [4.78, 5) is 31.0. The van der Waals surface area contributed by atoms with E-state index in [0.29, 0.717) is 30.8 Å². The van der Waals surface area contributed by atoms with E-state index in [4.69, 9.17) is 0 Å². The first-order chi connectivity index (χ1) is 9.89. The molecular weight excluding hydrogens is 264 g/mol. The number of carbonyl (C=O) groups excluding carboxylic acids is 3. The number of carbonyl (C=O) groups is 3. The van der Waals surface area contributed by atoms with Gasteiger partial charge in [-0.2, -0.15) is 0 Å². The molecular formula is C18H36O3. The monoisotopic (exact) mass is 300 g/mol. The molecule has 0 aliphatic carbocycles. The zero-order valence-corrected chi connectivity index (χ0v) is 15.1. The molecule has 0 radical (unpaired) electrons. The molecule has 0 bridgehead atoms. The van der Waals surface area contributed by atoms with E-state index in [-0.39, 0.29) is 5.78 Å². The van der Waals surface area contributed by atoms with Gasteiger partial charge in [-0.05, 0) is 19.8 Å². The summed E-state index contributed by atoms with van der Waals surface area (Å²) < 4.78 is 0. The second kappa shape index (κ2) is 21.3. The van der Waals surface area contributed by atoms with Crippen LogP contribution in [0.4, 0.5) is 0 Å². The van der Waals surface area contributed by atoms with Crippen molar-refractivity contribution in [3.63, 3.8) is 0 Å². The Hall–Kier alpha value is -0.990. The third kappa shape index (κ3) is 32.5. The van der Waals surface area contributed by atoms with Crippen LogP contribution < -0.4 is 0 Å². The molecule has 126 valence electrons. The maximum Gasteiger partial charge on any atom is 0.132 e. The largest absolute Gasteiger partial charge is 0.300 e. The molecule has 0 aromatic heterocycles. The van der Waals surface area contributed by atoms with Crippen molar-refractivity contribution in [1.82, 2.24) is 0 Å². The Labute approximate surface area is 131 Å². The van der Waals surface area contributed by atoms with Gasteiger partial charge in [0.2, 0.25) is 0 Å². The summed E-state index contributed by atoms with van der Waals surface area (Å²) in [5.74, 6) is 1.05. The van der Waals surface area contributed by atoms with Crippen LogP contribution in [0, 0.1) is 0 Å². The first kappa shape index (κ1) is 25.0.